The van der Waals surface area contributed by atoms with Crippen LogP contribution in [0.15, 0.2) is 24.3 Å². The predicted molar refractivity (Wildman–Crippen MR) is 79.7 cm³/mol. The fourth-order valence-corrected chi connectivity index (χ4v) is 2.28. The molecule has 102 valence electrons. The van der Waals surface area contributed by atoms with Crippen molar-refractivity contribution in [2.75, 3.05) is 14.1 Å². The van der Waals surface area contributed by atoms with Crippen LogP contribution in [-0.2, 0) is 13.1 Å². The van der Waals surface area contributed by atoms with Crippen molar-refractivity contribution >= 4 is 0 Å². The van der Waals surface area contributed by atoms with Crippen LogP contribution >= 0.6 is 0 Å². The van der Waals surface area contributed by atoms with E-state index in [1.54, 1.807) is 0 Å². The Hall–Kier alpha value is -0.860. The van der Waals surface area contributed by atoms with Crippen LogP contribution in [0.3, 0.4) is 0 Å². The van der Waals surface area contributed by atoms with E-state index >= 15 is 0 Å². The molecule has 2 heteroatoms. The van der Waals surface area contributed by atoms with Crippen molar-refractivity contribution < 1.29 is 0 Å². The van der Waals surface area contributed by atoms with Gasteiger partial charge in [-0.3, -0.25) is 0 Å². The molecule has 0 aliphatic rings. The monoisotopic (exact) mass is 248 g/mol. The standard InChI is InChI=1S/C16H28N2/c1-5-9-16(6-2)17-12-14-10-7-8-11-15(14)13-18(3)4/h7-8,10-11,16-17H,5-6,9,12-13H2,1-4H3. The Labute approximate surface area is 112 Å². The maximum atomic E-state index is 3.68. The summed E-state index contributed by atoms with van der Waals surface area (Å²) in [5.41, 5.74) is 2.86. The highest BCUT2D eigenvalue weighted by Crippen LogP contribution is 2.11. The SMILES string of the molecule is CCCC(CC)NCc1ccccc1CN(C)C. The summed E-state index contributed by atoms with van der Waals surface area (Å²) in [6.45, 7) is 6.52. The van der Waals surface area contributed by atoms with Crippen LogP contribution in [0.4, 0.5) is 0 Å². The van der Waals surface area contributed by atoms with Crippen LogP contribution < -0.4 is 5.32 Å². The summed E-state index contributed by atoms with van der Waals surface area (Å²) in [6.07, 6.45) is 3.74. The average Bonchev–Trinajstić information content (AvgIpc) is 2.35. The molecule has 0 bridgehead atoms. The van der Waals surface area contributed by atoms with Gasteiger partial charge in [-0.15, -0.1) is 0 Å². The quantitative estimate of drug-likeness (QED) is 0.758. The zero-order valence-corrected chi connectivity index (χ0v) is 12.4. The summed E-state index contributed by atoms with van der Waals surface area (Å²) < 4.78 is 0. The Kier molecular flexibility index (Phi) is 6.99. The molecule has 1 rings (SSSR count). The van der Waals surface area contributed by atoms with E-state index in [-0.39, 0.29) is 0 Å². The number of rotatable bonds is 8. The van der Waals surface area contributed by atoms with Gasteiger partial charge in [0.2, 0.25) is 0 Å². The van der Waals surface area contributed by atoms with Gasteiger partial charge in [-0.05, 0) is 38.1 Å². The first kappa shape index (κ1) is 15.2. The second-order valence-electron chi connectivity index (χ2n) is 5.28. The fourth-order valence-electron chi connectivity index (χ4n) is 2.28. The van der Waals surface area contributed by atoms with Crippen molar-refractivity contribution in [2.45, 2.75) is 52.2 Å². The molecule has 0 saturated carbocycles. The minimum absolute atomic E-state index is 0.655. The number of hydrogen-bond acceptors (Lipinski definition) is 2. The van der Waals surface area contributed by atoms with Crippen LogP contribution in [0.5, 0.6) is 0 Å². The molecule has 0 amide bonds. The van der Waals surface area contributed by atoms with Crippen molar-refractivity contribution in [1.29, 1.82) is 0 Å². The van der Waals surface area contributed by atoms with Crippen LogP contribution in [0, 0.1) is 0 Å². The molecule has 0 fully saturated rings. The Morgan fingerprint density at radius 2 is 1.78 bits per heavy atom. The van der Waals surface area contributed by atoms with E-state index in [4.69, 9.17) is 0 Å². The first-order valence-electron chi connectivity index (χ1n) is 7.12. The van der Waals surface area contributed by atoms with E-state index in [0.717, 1.165) is 13.1 Å². The first-order chi connectivity index (χ1) is 8.67. The van der Waals surface area contributed by atoms with Crippen LogP contribution in [0.25, 0.3) is 0 Å². The van der Waals surface area contributed by atoms with E-state index in [0.29, 0.717) is 6.04 Å². The zero-order chi connectivity index (χ0) is 13.4. The maximum absolute atomic E-state index is 3.68. The van der Waals surface area contributed by atoms with E-state index in [1.807, 2.05) is 0 Å². The number of benzene rings is 1. The van der Waals surface area contributed by atoms with E-state index < -0.39 is 0 Å². The van der Waals surface area contributed by atoms with Crippen molar-refractivity contribution in [1.82, 2.24) is 10.2 Å². The molecule has 2 nitrogen and oxygen atoms in total. The molecule has 1 unspecified atom stereocenters. The average molecular weight is 248 g/mol. The lowest BCUT2D eigenvalue weighted by Crippen LogP contribution is -2.28. The molecule has 1 aromatic carbocycles. The number of nitrogens with zero attached hydrogens (tertiary/aromatic N) is 1. The Balaban J connectivity index is 2.60. The Bertz CT molecular complexity index is 334. The minimum Gasteiger partial charge on any atom is -0.310 e. The van der Waals surface area contributed by atoms with Gasteiger partial charge in [-0.1, -0.05) is 44.5 Å². The molecule has 0 saturated heterocycles. The number of nitrogens with one attached hydrogen (secondary N) is 1. The summed E-state index contributed by atoms with van der Waals surface area (Å²) in [4.78, 5) is 2.22. The highest BCUT2D eigenvalue weighted by molar-refractivity contribution is 5.26. The van der Waals surface area contributed by atoms with Gasteiger partial charge in [0.15, 0.2) is 0 Å². The molecular formula is C16H28N2. The first-order valence-corrected chi connectivity index (χ1v) is 7.12. The predicted octanol–water partition coefficient (Wildman–Crippen LogP) is 3.42. The van der Waals surface area contributed by atoms with Gasteiger partial charge in [0.05, 0.1) is 0 Å². The molecule has 1 N–H and O–H groups in total. The third kappa shape index (κ3) is 5.19. The Morgan fingerprint density at radius 1 is 1.11 bits per heavy atom. The van der Waals surface area contributed by atoms with Crippen LogP contribution in [-0.4, -0.2) is 25.0 Å². The lowest BCUT2D eigenvalue weighted by Gasteiger charge is -2.19. The summed E-state index contributed by atoms with van der Waals surface area (Å²) in [5, 5.41) is 3.68. The normalized spacial score (nSPS) is 12.9. The van der Waals surface area contributed by atoms with Crippen molar-refractivity contribution in [2.24, 2.45) is 0 Å². The van der Waals surface area contributed by atoms with Crippen molar-refractivity contribution in [3.8, 4) is 0 Å². The molecule has 0 radical (unpaired) electrons. The summed E-state index contributed by atoms with van der Waals surface area (Å²) in [6, 6.07) is 9.40. The molecule has 0 aliphatic heterocycles. The van der Waals surface area contributed by atoms with Gasteiger partial charge in [0.25, 0.3) is 0 Å². The Morgan fingerprint density at radius 3 is 2.33 bits per heavy atom. The van der Waals surface area contributed by atoms with Gasteiger partial charge < -0.3 is 10.2 Å². The second kappa shape index (κ2) is 8.28. The topological polar surface area (TPSA) is 15.3 Å². The van der Waals surface area contributed by atoms with E-state index in [1.165, 1.54) is 30.4 Å². The molecule has 18 heavy (non-hydrogen) atoms. The smallest absolute Gasteiger partial charge is 0.0230 e. The van der Waals surface area contributed by atoms with E-state index in [2.05, 4.69) is 62.4 Å². The van der Waals surface area contributed by atoms with Gasteiger partial charge in [-0.25, -0.2) is 0 Å². The van der Waals surface area contributed by atoms with Crippen molar-refractivity contribution in [3.05, 3.63) is 35.4 Å². The highest BCUT2D eigenvalue weighted by Gasteiger charge is 2.07. The van der Waals surface area contributed by atoms with Gasteiger partial charge in [0.1, 0.15) is 0 Å². The fraction of sp³-hybridized carbons (Fsp3) is 0.625. The van der Waals surface area contributed by atoms with Crippen molar-refractivity contribution in [3.63, 3.8) is 0 Å². The second-order valence-corrected chi connectivity index (χ2v) is 5.28. The third-order valence-corrected chi connectivity index (χ3v) is 3.32. The van der Waals surface area contributed by atoms with Crippen LogP contribution in [0.2, 0.25) is 0 Å². The van der Waals surface area contributed by atoms with Gasteiger partial charge in [-0.2, -0.15) is 0 Å². The maximum Gasteiger partial charge on any atom is 0.0230 e. The molecular weight excluding hydrogens is 220 g/mol. The van der Waals surface area contributed by atoms with Gasteiger partial charge in [0, 0.05) is 19.1 Å². The lowest BCUT2D eigenvalue weighted by molar-refractivity contribution is 0.398. The van der Waals surface area contributed by atoms with Crippen LogP contribution in [0.1, 0.15) is 44.2 Å². The van der Waals surface area contributed by atoms with E-state index in [9.17, 15) is 0 Å². The largest absolute Gasteiger partial charge is 0.310 e. The molecule has 1 atom stereocenters. The third-order valence-electron chi connectivity index (χ3n) is 3.32. The zero-order valence-electron chi connectivity index (χ0n) is 12.4. The molecule has 0 heterocycles. The lowest BCUT2D eigenvalue weighted by atomic mass is 10.1. The summed E-state index contributed by atoms with van der Waals surface area (Å²) >= 11 is 0. The minimum atomic E-state index is 0.655. The number of hydrogen-bond donors (Lipinski definition) is 1. The molecule has 0 aliphatic carbocycles. The highest BCUT2D eigenvalue weighted by atomic mass is 15.0. The van der Waals surface area contributed by atoms with Gasteiger partial charge >= 0.3 is 0 Å². The summed E-state index contributed by atoms with van der Waals surface area (Å²) in [5.74, 6) is 0. The summed E-state index contributed by atoms with van der Waals surface area (Å²) in [7, 11) is 4.24. The molecule has 1 aromatic rings. The molecule has 0 aromatic heterocycles. The molecule has 0 spiro atoms.